The summed E-state index contributed by atoms with van der Waals surface area (Å²) in [6.07, 6.45) is 5.04. The minimum Gasteiger partial charge on any atom is -0.363 e. The number of halogens is 1. The van der Waals surface area contributed by atoms with E-state index in [4.69, 9.17) is 0 Å². The van der Waals surface area contributed by atoms with Crippen molar-refractivity contribution in [3.63, 3.8) is 0 Å². The largest absolute Gasteiger partial charge is 0.363 e. The normalized spacial score (nSPS) is 15.1. The Labute approximate surface area is 151 Å². The molecule has 128 valence electrons. The van der Waals surface area contributed by atoms with Crippen molar-refractivity contribution in [2.75, 3.05) is 4.72 Å². The van der Waals surface area contributed by atoms with E-state index < -0.39 is 10.0 Å². The highest BCUT2D eigenvalue weighted by atomic mass is 79.9. The van der Waals surface area contributed by atoms with Crippen molar-refractivity contribution in [3.8, 4) is 0 Å². The Bertz CT molecular complexity index is 896. The lowest BCUT2D eigenvalue weighted by atomic mass is 9.83. The van der Waals surface area contributed by atoms with Gasteiger partial charge in [0.1, 0.15) is 4.90 Å². The first-order valence-corrected chi connectivity index (χ1v) is 10.2. The third-order valence-electron chi connectivity index (χ3n) is 4.55. The molecule has 0 saturated heterocycles. The molecule has 1 aliphatic rings. The van der Waals surface area contributed by atoms with Crippen LogP contribution in [0.1, 0.15) is 48.9 Å². The van der Waals surface area contributed by atoms with Gasteiger partial charge in [0.2, 0.25) is 0 Å². The second-order valence-corrected chi connectivity index (χ2v) is 8.99. The molecule has 0 radical (unpaired) electrons. The molecule has 6 heteroatoms. The number of nitrogens with one attached hydrogen (secondary N) is 2. The second-order valence-electron chi connectivity index (χ2n) is 6.45. The fourth-order valence-corrected chi connectivity index (χ4v) is 4.73. The fraction of sp³-hybridized carbons (Fsp3) is 0.333. The molecular weight excluding hydrogens is 388 g/mol. The molecule has 0 spiro atoms. The summed E-state index contributed by atoms with van der Waals surface area (Å²) in [5, 5.41) is 0. The van der Waals surface area contributed by atoms with Crippen LogP contribution in [0, 0.1) is 6.92 Å². The fourth-order valence-electron chi connectivity index (χ4n) is 2.81. The molecule has 24 heavy (non-hydrogen) atoms. The maximum atomic E-state index is 12.7. The van der Waals surface area contributed by atoms with E-state index in [0.717, 1.165) is 39.7 Å². The third kappa shape index (κ3) is 3.30. The Hall–Kier alpha value is -1.53. The number of hydrogen-bond acceptors (Lipinski definition) is 2. The van der Waals surface area contributed by atoms with Gasteiger partial charge in [0.05, 0.1) is 5.69 Å². The monoisotopic (exact) mass is 408 g/mol. The summed E-state index contributed by atoms with van der Waals surface area (Å²) >= 11 is 3.50. The first-order chi connectivity index (χ1) is 11.3. The minimum atomic E-state index is -3.61. The minimum absolute atomic E-state index is 0.281. The van der Waals surface area contributed by atoms with Crippen LogP contribution in [0.3, 0.4) is 0 Å². The average Bonchev–Trinajstić information content (AvgIpc) is 2.89. The van der Waals surface area contributed by atoms with E-state index in [1.807, 2.05) is 26.0 Å². The van der Waals surface area contributed by atoms with Crippen LogP contribution in [0.5, 0.6) is 0 Å². The van der Waals surface area contributed by atoms with Gasteiger partial charge in [0, 0.05) is 16.4 Å². The summed E-state index contributed by atoms with van der Waals surface area (Å²) in [6, 6.07) is 5.47. The molecule has 0 unspecified atom stereocenters. The van der Waals surface area contributed by atoms with Crippen molar-refractivity contribution in [1.29, 1.82) is 0 Å². The van der Waals surface area contributed by atoms with Gasteiger partial charge in [-0.15, -0.1) is 0 Å². The van der Waals surface area contributed by atoms with Crippen LogP contribution in [-0.4, -0.2) is 13.4 Å². The van der Waals surface area contributed by atoms with Gasteiger partial charge in [-0.2, -0.15) is 0 Å². The Morgan fingerprint density at radius 1 is 1.33 bits per heavy atom. The van der Waals surface area contributed by atoms with Gasteiger partial charge in [0.15, 0.2) is 0 Å². The standard InChI is InChI=1S/C18H21BrN2O2S/c1-11(2)15-9-17(12(3)7-16(15)19)21-24(22,23)14-8-18(20-10-14)13-5-4-6-13/h7-10,13,20-21H,1,4-6H2,2-3H3. The first-order valence-electron chi connectivity index (χ1n) is 7.95. The predicted molar refractivity (Wildman–Crippen MR) is 102 cm³/mol. The molecule has 0 aliphatic heterocycles. The van der Waals surface area contributed by atoms with Gasteiger partial charge in [-0.1, -0.05) is 28.9 Å². The molecule has 1 aliphatic carbocycles. The Morgan fingerprint density at radius 3 is 2.62 bits per heavy atom. The van der Waals surface area contributed by atoms with Crippen LogP contribution in [0.15, 0.2) is 40.3 Å². The van der Waals surface area contributed by atoms with E-state index in [0.29, 0.717) is 11.6 Å². The lowest BCUT2D eigenvalue weighted by Gasteiger charge is -2.23. The number of aryl methyl sites for hydroxylation is 1. The summed E-state index contributed by atoms with van der Waals surface area (Å²) in [7, 11) is -3.61. The van der Waals surface area contributed by atoms with Crippen molar-refractivity contribution in [2.45, 2.75) is 43.9 Å². The third-order valence-corrected chi connectivity index (χ3v) is 6.55. The molecule has 4 nitrogen and oxygen atoms in total. The zero-order valence-corrected chi connectivity index (χ0v) is 16.2. The van der Waals surface area contributed by atoms with E-state index >= 15 is 0 Å². The number of H-pyrrole nitrogens is 1. The number of hydrogen-bond donors (Lipinski definition) is 2. The van der Waals surface area contributed by atoms with Crippen LogP contribution >= 0.6 is 15.9 Å². The molecule has 1 aromatic carbocycles. The van der Waals surface area contributed by atoms with E-state index in [9.17, 15) is 8.42 Å². The first kappa shape index (κ1) is 17.3. The maximum Gasteiger partial charge on any atom is 0.263 e. The topological polar surface area (TPSA) is 62.0 Å². The number of rotatable bonds is 5. The zero-order valence-electron chi connectivity index (χ0n) is 13.8. The van der Waals surface area contributed by atoms with Gasteiger partial charge in [-0.3, -0.25) is 4.72 Å². The number of allylic oxidation sites excluding steroid dienone is 1. The molecule has 1 heterocycles. The summed E-state index contributed by atoms with van der Waals surface area (Å²) < 4.78 is 29.0. The van der Waals surface area contributed by atoms with Crippen LogP contribution in [0.25, 0.3) is 5.57 Å². The molecule has 1 fully saturated rings. The second kappa shape index (κ2) is 6.41. The summed E-state index contributed by atoms with van der Waals surface area (Å²) in [5.41, 5.74) is 4.20. The van der Waals surface area contributed by atoms with E-state index in [-0.39, 0.29) is 4.90 Å². The van der Waals surface area contributed by atoms with Crippen LogP contribution in [0.4, 0.5) is 5.69 Å². The Morgan fingerprint density at radius 2 is 2.04 bits per heavy atom. The van der Waals surface area contributed by atoms with Gasteiger partial charge in [-0.05, 0) is 67.5 Å². The molecule has 1 aromatic heterocycles. The van der Waals surface area contributed by atoms with Crippen LogP contribution < -0.4 is 4.72 Å². The number of aromatic nitrogens is 1. The number of aromatic amines is 1. The molecule has 1 saturated carbocycles. The van der Waals surface area contributed by atoms with E-state index in [2.05, 4.69) is 32.2 Å². The SMILES string of the molecule is C=C(C)c1cc(NS(=O)(=O)c2c[nH]c(C3CCC3)c2)c(C)cc1Br. The van der Waals surface area contributed by atoms with Crippen LogP contribution in [-0.2, 0) is 10.0 Å². The van der Waals surface area contributed by atoms with E-state index in [1.54, 1.807) is 12.3 Å². The maximum absolute atomic E-state index is 12.7. The van der Waals surface area contributed by atoms with Gasteiger partial charge in [-0.25, -0.2) is 8.42 Å². The highest BCUT2D eigenvalue weighted by molar-refractivity contribution is 9.10. The lowest BCUT2D eigenvalue weighted by molar-refractivity contribution is 0.412. The molecule has 2 N–H and O–H groups in total. The lowest BCUT2D eigenvalue weighted by Crippen LogP contribution is -2.13. The molecule has 2 aromatic rings. The van der Waals surface area contributed by atoms with Crippen molar-refractivity contribution in [1.82, 2.24) is 4.98 Å². The zero-order chi connectivity index (χ0) is 17.5. The van der Waals surface area contributed by atoms with Gasteiger partial charge < -0.3 is 4.98 Å². The quantitative estimate of drug-likeness (QED) is 0.714. The molecule has 0 bridgehead atoms. The van der Waals surface area contributed by atoms with Gasteiger partial charge in [0.25, 0.3) is 10.0 Å². The molecule has 3 rings (SSSR count). The highest BCUT2D eigenvalue weighted by Crippen LogP contribution is 2.36. The number of benzene rings is 1. The van der Waals surface area contributed by atoms with Gasteiger partial charge >= 0.3 is 0 Å². The Kier molecular flexibility index (Phi) is 4.62. The smallest absolute Gasteiger partial charge is 0.263 e. The van der Waals surface area contributed by atoms with Crippen LogP contribution in [0.2, 0.25) is 0 Å². The molecular formula is C18H21BrN2O2S. The summed E-state index contributed by atoms with van der Waals surface area (Å²) in [4.78, 5) is 3.39. The summed E-state index contributed by atoms with van der Waals surface area (Å²) in [5.74, 6) is 0.471. The van der Waals surface area contributed by atoms with E-state index in [1.165, 1.54) is 6.42 Å². The number of sulfonamides is 1. The van der Waals surface area contributed by atoms with Crippen molar-refractivity contribution in [3.05, 3.63) is 52.3 Å². The van der Waals surface area contributed by atoms with Crippen molar-refractivity contribution < 1.29 is 8.42 Å². The molecule has 0 atom stereocenters. The highest BCUT2D eigenvalue weighted by Gasteiger charge is 2.24. The average molecular weight is 409 g/mol. The van der Waals surface area contributed by atoms with Crippen molar-refractivity contribution >= 4 is 37.2 Å². The summed E-state index contributed by atoms with van der Waals surface area (Å²) in [6.45, 7) is 7.71. The van der Waals surface area contributed by atoms with Crippen molar-refractivity contribution in [2.24, 2.45) is 0 Å². The predicted octanol–water partition coefficient (Wildman–Crippen LogP) is 5.19. The Balaban J connectivity index is 1.90. The molecule has 0 amide bonds. The number of anilines is 1.